The molecule has 1 heterocycles. The number of nitrogens with one attached hydrogen (secondary N) is 1. The normalized spacial score (nSPS) is 33.2. The van der Waals surface area contributed by atoms with E-state index in [0.29, 0.717) is 18.1 Å². The summed E-state index contributed by atoms with van der Waals surface area (Å²) in [4.78, 5) is 0. The van der Waals surface area contributed by atoms with E-state index in [0.717, 1.165) is 6.42 Å². The summed E-state index contributed by atoms with van der Waals surface area (Å²) in [6, 6.07) is 0.616. The quantitative estimate of drug-likeness (QED) is 0.653. The molecule has 70 valence electrons. The molecule has 0 bridgehead atoms. The van der Waals surface area contributed by atoms with Gasteiger partial charge < -0.3 is 10.4 Å². The molecule has 0 amide bonds. The van der Waals surface area contributed by atoms with E-state index in [4.69, 9.17) is 5.11 Å². The molecule has 0 aromatic carbocycles. The maximum atomic E-state index is 8.93. The van der Waals surface area contributed by atoms with Crippen LogP contribution in [0.15, 0.2) is 0 Å². The molecule has 0 aromatic heterocycles. The Morgan fingerprint density at radius 2 is 2.00 bits per heavy atom. The summed E-state index contributed by atoms with van der Waals surface area (Å²) in [7, 11) is 0. The van der Waals surface area contributed by atoms with Crippen LogP contribution in [0.4, 0.5) is 0 Å². The molecule has 2 fully saturated rings. The second-order valence-electron chi connectivity index (χ2n) is 4.34. The van der Waals surface area contributed by atoms with E-state index in [9.17, 15) is 0 Å². The molecular formula is C10H19NO. The Morgan fingerprint density at radius 3 is 2.67 bits per heavy atom. The maximum absolute atomic E-state index is 8.93. The van der Waals surface area contributed by atoms with Crippen LogP contribution in [0.5, 0.6) is 0 Å². The van der Waals surface area contributed by atoms with Gasteiger partial charge in [0.05, 0.1) is 0 Å². The summed E-state index contributed by atoms with van der Waals surface area (Å²) in [5.41, 5.74) is 0.586. The van der Waals surface area contributed by atoms with Crippen molar-refractivity contribution < 1.29 is 5.11 Å². The van der Waals surface area contributed by atoms with Gasteiger partial charge in [-0.3, -0.25) is 0 Å². The van der Waals surface area contributed by atoms with Gasteiger partial charge in [-0.15, -0.1) is 0 Å². The Morgan fingerprint density at radius 1 is 1.25 bits per heavy atom. The molecule has 12 heavy (non-hydrogen) atoms. The molecule has 1 saturated carbocycles. The Balaban J connectivity index is 2.01. The largest absolute Gasteiger partial charge is 0.396 e. The summed E-state index contributed by atoms with van der Waals surface area (Å²) in [5, 5.41) is 12.5. The molecule has 1 aliphatic carbocycles. The Hall–Kier alpha value is -0.0800. The standard InChI is InChI=1S/C10H19NO/c12-8-3-9-10(6-7-11-9)4-1-2-5-10/h9,11-12H,1-8H2. The summed E-state index contributed by atoms with van der Waals surface area (Å²) in [6.07, 6.45) is 7.90. The van der Waals surface area contributed by atoms with Gasteiger partial charge >= 0.3 is 0 Å². The van der Waals surface area contributed by atoms with Gasteiger partial charge in [0.15, 0.2) is 0 Å². The van der Waals surface area contributed by atoms with Crippen molar-refractivity contribution in [3.63, 3.8) is 0 Å². The zero-order valence-electron chi connectivity index (χ0n) is 7.68. The van der Waals surface area contributed by atoms with Crippen LogP contribution in [0.2, 0.25) is 0 Å². The lowest BCUT2D eigenvalue weighted by molar-refractivity contribution is 0.197. The summed E-state index contributed by atoms with van der Waals surface area (Å²) in [6.45, 7) is 1.52. The molecule has 1 aliphatic heterocycles. The van der Waals surface area contributed by atoms with Crippen LogP contribution in [-0.2, 0) is 0 Å². The lowest BCUT2D eigenvalue weighted by atomic mass is 9.78. The van der Waals surface area contributed by atoms with Gasteiger partial charge in [-0.05, 0) is 37.6 Å². The van der Waals surface area contributed by atoms with Gasteiger partial charge in [-0.25, -0.2) is 0 Å². The summed E-state index contributed by atoms with van der Waals surface area (Å²) >= 11 is 0. The number of hydrogen-bond donors (Lipinski definition) is 2. The second-order valence-corrected chi connectivity index (χ2v) is 4.34. The van der Waals surface area contributed by atoms with Crippen LogP contribution in [0.1, 0.15) is 38.5 Å². The minimum absolute atomic E-state index is 0.347. The fraction of sp³-hybridized carbons (Fsp3) is 1.00. The molecule has 2 aliphatic rings. The van der Waals surface area contributed by atoms with E-state index in [-0.39, 0.29) is 0 Å². The predicted molar refractivity (Wildman–Crippen MR) is 49.0 cm³/mol. The zero-order valence-corrected chi connectivity index (χ0v) is 7.68. The first-order valence-corrected chi connectivity index (χ1v) is 5.22. The van der Waals surface area contributed by atoms with Gasteiger partial charge in [0.1, 0.15) is 0 Å². The Labute approximate surface area is 74.4 Å². The topological polar surface area (TPSA) is 32.3 Å². The predicted octanol–water partition coefficient (Wildman–Crippen LogP) is 1.29. The summed E-state index contributed by atoms with van der Waals surface area (Å²) < 4.78 is 0. The third kappa shape index (κ3) is 1.27. The highest BCUT2D eigenvalue weighted by molar-refractivity contribution is 4.99. The van der Waals surface area contributed by atoms with Crippen LogP contribution in [0.25, 0.3) is 0 Å². The van der Waals surface area contributed by atoms with Crippen molar-refractivity contribution in [2.24, 2.45) is 5.41 Å². The van der Waals surface area contributed by atoms with Crippen molar-refractivity contribution >= 4 is 0 Å². The van der Waals surface area contributed by atoms with Crippen molar-refractivity contribution in [3.05, 3.63) is 0 Å². The molecule has 2 N–H and O–H groups in total. The molecule has 1 saturated heterocycles. The van der Waals surface area contributed by atoms with E-state index >= 15 is 0 Å². The fourth-order valence-electron chi connectivity index (χ4n) is 3.10. The SMILES string of the molecule is OCCC1NCCC12CCCC2. The first-order valence-electron chi connectivity index (χ1n) is 5.22. The van der Waals surface area contributed by atoms with Gasteiger partial charge in [-0.2, -0.15) is 0 Å². The van der Waals surface area contributed by atoms with E-state index < -0.39 is 0 Å². The van der Waals surface area contributed by atoms with Crippen molar-refractivity contribution in [1.29, 1.82) is 0 Å². The molecule has 2 heteroatoms. The van der Waals surface area contributed by atoms with Crippen molar-refractivity contribution in [2.75, 3.05) is 13.2 Å². The number of hydrogen-bond acceptors (Lipinski definition) is 2. The molecule has 1 atom stereocenters. The first kappa shape index (κ1) is 8.52. The summed E-state index contributed by atoms with van der Waals surface area (Å²) in [5.74, 6) is 0. The number of aliphatic hydroxyl groups is 1. The highest BCUT2D eigenvalue weighted by Gasteiger charge is 2.43. The molecular weight excluding hydrogens is 150 g/mol. The lowest BCUT2D eigenvalue weighted by Crippen LogP contribution is -2.35. The highest BCUT2D eigenvalue weighted by Crippen LogP contribution is 2.47. The van der Waals surface area contributed by atoms with E-state index in [1.54, 1.807) is 0 Å². The zero-order chi connectivity index (χ0) is 8.44. The minimum atomic E-state index is 0.347. The minimum Gasteiger partial charge on any atom is -0.396 e. The number of rotatable bonds is 2. The molecule has 2 nitrogen and oxygen atoms in total. The number of aliphatic hydroxyl groups excluding tert-OH is 1. The van der Waals surface area contributed by atoms with Crippen LogP contribution in [0.3, 0.4) is 0 Å². The maximum Gasteiger partial charge on any atom is 0.0446 e. The van der Waals surface area contributed by atoms with E-state index in [2.05, 4.69) is 5.32 Å². The van der Waals surface area contributed by atoms with Crippen LogP contribution in [0, 0.1) is 5.41 Å². The second kappa shape index (κ2) is 3.35. The monoisotopic (exact) mass is 169 g/mol. The smallest absolute Gasteiger partial charge is 0.0446 e. The van der Waals surface area contributed by atoms with Crippen molar-refractivity contribution in [3.8, 4) is 0 Å². The molecule has 0 aromatic rings. The van der Waals surface area contributed by atoms with Gasteiger partial charge in [0.25, 0.3) is 0 Å². The lowest BCUT2D eigenvalue weighted by Gasteiger charge is -2.30. The van der Waals surface area contributed by atoms with Gasteiger partial charge in [0.2, 0.25) is 0 Å². The Kier molecular flexibility index (Phi) is 2.37. The van der Waals surface area contributed by atoms with Crippen molar-refractivity contribution in [2.45, 2.75) is 44.6 Å². The fourth-order valence-corrected chi connectivity index (χ4v) is 3.10. The van der Waals surface area contributed by atoms with Crippen LogP contribution in [-0.4, -0.2) is 24.3 Å². The van der Waals surface area contributed by atoms with Crippen LogP contribution < -0.4 is 5.32 Å². The highest BCUT2D eigenvalue weighted by atomic mass is 16.3. The first-order chi connectivity index (χ1) is 5.87. The van der Waals surface area contributed by atoms with Gasteiger partial charge in [0, 0.05) is 12.6 Å². The van der Waals surface area contributed by atoms with Gasteiger partial charge in [-0.1, -0.05) is 12.8 Å². The molecule has 2 rings (SSSR count). The third-order valence-electron chi connectivity index (χ3n) is 3.77. The molecule has 1 spiro atoms. The van der Waals surface area contributed by atoms with Crippen molar-refractivity contribution in [1.82, 2.24) is 5.32 Å². The molecule has 1 unspecified atom stereocenters. The van der Waals surface area contributed by atoms with E-state index in [1.165, 1.54) is 38.6 Å². The molecule has 0 radical (unpaired) electrons. The average molecular weight is 169 g/mol. The van der Waals surface area contributed by atoms with E-state index in [1.807, 2.05) is 0 Å². The Bertz CT molecular complexity index is 146. The van der Waals surface area contributed by atoms with Crippen LogP contribution >= 0.6 is 0 Å². The third-order valence-corrected chi connectivity index (χ3v) is 3.77. The average Bonchev–Trinajstić information content (AvgIpc) is 2.66.